The molecule has 0 bridgehead atoms. The number of benzene rings is 1. The van der Waals surface area contributed by atoms with Gasteiger partial charge in [-0.3, -0.25) is 0 Å². The number of halogens is 3. The molecule has 112 valence electrons. The fraction of sp³-hybridized carbons (Fsp3) is 0.417. The molecule has 1 aromatic rings. The minimum Gasteiger partial charge on any atom is -0.409 e. The van der Waals surface area contributed by atoms with E-state index in [1.165, 1.54) is 18.2 Å². The van der Waals surface area contributed by atoms with E-state index in [1.54, 1.807) is 6.07 Å². The average molecular weight is 291 g/mol. The van der Waals surface area contributed by atoms with Crippen LogP contribution in [0.15, 0.2) is 29.4 Å². The zero-order valence-corrected chi connectivity index (χ0v) is 10.8. The summed E-state index contributed by atoms with van der Waals surface area (Å²) in [4.78, 5) is 0. The highest BCUT2D eigenvalue weighted by Gasteiger charge is 2.32. The van der Waals surface area contributed by atoms with Gasteiger partial charge in [0.15, 0.2) is 5.75 Å². The van der Waals surface area contributed by atoms with Gasteiger partial charge in [0, 0.05) is 12.5 Å². The minimum absolute atomic E-state index is 0.00132. The van der Waals surface area contributed by atoms with Crippen molar-refractivity contribution in [2.24, 2.45) is 10.9 Å². The van der Waals surface area contributed by atoms with Gasteiger partial charge >= 0.3 is 6.36 Å². The second-order valence-corrected chi connectivity index (χ2v) is 4.09. The number of ether oxygens (including phenoxy) is 1. The zero-order valence-electron chi connectivity index (χ0n) is 10.8. The SMILES string of the molecule is CCC(CC(N)=NO)Nc1ccccc1OC(F)(F)F. The molecule has 1 rings (SSSR count). The minimum atomic E-state index is -4.76. The maximum atomic E-state index is 12.3. The summed E-state index contributed by atoms with van der Waals surface area (Å²) >= 11 is 0. The molecule has 0 spiro atoms. The molecule has 0 aromatic heterocycles. The van der Waals surface area contributed by atoms with E-state index in [9.17, 15) is 13.2 Å². The normalized spacial score (nSPS) is 13.9. The lowest BCUT2D eigenvalue weighted by atomic mass is 10.1. The number of anilines is 1. The average Bonchev–Trinajstić information content (AvgIpc) is 2.38. The predicted molar refractivity (Wildman–Crippen MR) is 68.9 cm³/mol. The fourth-order valence-corrected chi connectivity index (χ4v) is 1.61. The van der Waals surface area contributed by atoms with Gasteiger partial charge in [-0.2, -0.15) is 0 Å². The molecule has 4 N–H and O–H groups in total. The molecule has 1 unspecified atom stereocenters. The molecule has 5 nitrogen and oxygen atoms in total. The molecule has 1 aromatic carbocycles. The summed E-state index contributed by atoms with van der Waals surface area (Å²) in [6, 6.07) is 5.43. The molecule has 0 saturated carbocycles. The lowest BCUT2D eigenvalue weighted by Gasteiger charge is -2.20. The highest BCUT2D eigenvalue weighted by Crippen LogP contribution is 2.30. The van der Waals surface area contributed by atoms with Crippen LogP contribution in [0.1, 0.15) is 19.8 Å². The van der Waals surface area contributed by atoms with Gasteiger partial charge in [-0.15, -0.1) is 13.2 Å². The number of nitrogens with zero attached hydrogens (tertiary/aromatic N) is 1. The number of hydrogen-bond acceptors (Lipinski definition) is 4. The Morgan fingerprint density at radius 2 is 2.10 bits per heavy atom. The van der Waals surface area contributed by atoms with Crippen LogP contribution in [0.2, 0.25) is 0 Å². The summed E-state index contributed by atoms with van der Waals surface area (Å²) in [5.74, 6) is -0.323. The molecular weight excluding hydrogens is 275 g/mol. The van der Waals surface area contributed by atoms with Gasteiger partial charge in [-0.25, -0.2) is 0 Å². The van der Waals surface area contributed by atoms with Crippen LogP contribution in [-0.4, -0.2) is 23.4 Å². The maximum absolute atomic E-state index is 12.3. The number of hydrogen-bond donors (Lipinski definition) is 3. The summed E-state index contributed by atoms with van der Waals surface area (Å²) in [6.07, 6.45) is -3.98. The molecule has 0 radical (unpaired) electrons. The van der Waals surface area contributed by atoms with Gasteiger partial charge in [0.1, 0.15) is 5.84 Å². The van der Waals surface area contributed by atoms with Gasteiger partial charge in [-0.1, -0.05) is 24.2 Å². The second kappa shape index (κ2) is 6.88. The Balaban J connectivity index is 2.85. The summed E-state index contributed by atoms with van der Waals surface area (Å²) in [5.41, 5.74) is 5.59. The van der Waals surface area contributed by atoms with Crippen LogP contribution in [0.25, 0.3) is 0 Å². The van der Waals surface area contributed by atoms with Crippen molar-refractivity contribution in [2.45, 2.75) is 32.2 Å². The molecule has 0 aliphatic rings. The molecule has 0 heterocycles. The van der Waals surface area contributed by atoms with E-state index in [1.807, 2.05) is 6.92 Å². The van der Waals surface area contributed by atoms with Crippen LogP contribution in [0.3, 0.4) is 0 Å². The van der Waals surface area contributed by atoms with Gasteiger partial charge in [0.05, 0.1) is 5.69 Å². The highest BCUT2D eigenvalue weighted by atomic mass is 19.4. The first-order valence-corrected chi connectivity index (χ1v) is 5.93. The van der Waals surface area contributed by atoms with Crippen LogP contribution in [-0.2, 0) is 0 Å². The van der Waals surface area contributed by atoms with Crippen LogP contribution in [0.5, 0.6) is 5.75 Å². The standard InChI is InChI=1S/C12H16F3N3O2/c1-2-8(7-11(16)18-19)17-9-5-3-4-6-10(9)20-12(13,14)15/h3-6,8,17,19H,2,7H2,1H3,(H2,16,18). The Morgan fingerprint density at radius 1 is 1.45 bits per heavy atom. The van der Waals surface area contributed by atoms with Gasteiger partial charge in [-0.05, 0) is 18.6 Å². The van der Waals surface area contributed by atoms with Crippen molar-refractivity contribution in [2.75, 3.05) is 5.32 Å². The number of nitrogens with one attached hydrogen (secondary N) is 1. The Kier molecular flexibility index (Phi) is 5.48. The molecule has 0 fully saturated rings. The third-order valence-corrected chi connectivity index (χ3v) is 2.55. The Bertz CT molecular complexity index is 464. The number of rotatable bonds is 6. The predicted octanol–water partition coefficient (Wildman–Crippen LogP) is 2.91. The molecule has 0 saturated heterocycles. The van der Waals surface area contributed by atoms with E-state index in [4.69, 9.17) is 10.9 Å². The fourth-order valence-electron chi connectivity index (χ4n) is 1.61. The van der Waals surface area contributed by atoms with Crippen molar-refractivity contribution in [3.05, 3.63) is 24.3 Å². The zero-order chi connectivity index (χ0) is 15.2. The van der Waals surface area contributed by atoms with Gasteiger partial charge < -0.3 is 21.0 Å². The Morgan fingerprint density at radius 3 is 2.65 bits per heavy atom. The first-order chi connectivity index (χ1) is 9.35. The van der Waals surface area contributed by atoms with Gasteiger partial charge in [0.25, 0.3) is 0 Å². The van der Waals surface area contributed by atoms with E-state index in [0.717, 1.165) is 0 Å². The van der Waals surface area contributed by atoms with Crippen LogP contribution in [0, 0.1) is 0 Å². The summed E-state index contributed by atoms with van der Waals surface area (Å²) in [5, 5.41) is 14.2. The molecular formula is C12H16F3N3O2. The van der Waals surface area contributed by atoms with Crippen molar-refractivity contribution in [3.63, 3.8) is 0 Å². The summed E-state index contributed by atoms with van der Waals surface area (Å²) < 4.78 is 40.8. The van der Waals surface area contributed by atoms with Crippen molar-refractivity contribution in [1.82, 2.24) is 0 Å². The number of para-hydroxylation sites is 2. The lowest BCUT2D eigenvalue weighted by molar-refractivity contribution is -0.274. The lowest BCUT2D eigenvalue weighted by Crippen LogP contribution is -2.27. The number of oxime groups is 1. The first kappa shape index (κ1) is 15.9. The van der Waals surface area contributed by atoms with E-state index in [2.05, 4.69) is 15.2 Å². The quantitative estimate of drug-likeness (QED) is 0.326. The van der Waals surface area contributed by atoms with Crippen LogP contribution in [0.4, 0.5) is 18.9 Å². The third kappa shape index (κ3) is 5.25. The molecule has 20 heavy (non-hydrogen) atoms. The maximum Gasteiger partial charge on any atom is 0.573 e. The van der Waals surface area contributed by atoms with E-state index in [0.29, 0.717) is 6.42 Å². The Hall–Kier alpha value is -2.12. The third-order valence-electron chi connectivity index (χ3n) is 2.55. The molecule has 8 heteroatoms. The molecule has 1 atom stereocenters. The van der Waals surface area contributed by atoms with Crippen molar-refractivity contribution in [3.8, 4) is 5.75 Å². The van der Waals surface area contributed by atoms with E-state index < -0.39 is 6.36 Å². The van der Waals surface area contributed by atoms with Crippen molar-refractivity contribution >= 4 is 11.5 Å². The number of nitrogens with two attached hydrogens (primary N) is 1. The number of amidine groups is 1. The Labute approximate surface area is 114 Å². The molecule has 0 aliphatic heterocycles. The topological polar surface area (TPSA) is 79.9 Å². The molecule has 0 aliphatic carbocycles. The molecule has 0 amide bonds. The highest BCUT2D eigenvalue weighted by molar-refractivity contribution is 5.80. The number of alkyl halides is 3. The second-order valence-electron chi connectivity index (χ2n) is 4.09. The van der Waals surface area contributed by atoms with E-state index >= 15 is 0 Å². The van der Waals surface area contributed by atoms with Crippen molar-refractivity contribution < 1.29 is 23.1 Å². The first-order valence-electron chi connectivity index (χ1n) is 5.93. The van der Waals surface area contributed by atoms with E-state index in [-0.39, 0.29) is 29.7 Å². The van der Waals surface area contributed by atoms with Crippen LogP contribution >= 0.6 is 0 Å². The van der Waals surface area contributed by atoms with Crippen molar-refractivity contribution in [1.29, 1.82) is 0 Å². The largest absolute Gasteiger partial charge is 0.573 e. The smallest absolute Gasteiger partial charge is 0.409 e. The summed E-state index contributed by atoms with van der Waals surface area (Å²) in [7, 11) is 0. The summed E-state index contributed by atoms with van der Waals surface area (Å²) in [6.45, 7) is 1.83. The monoisotopic (exact) mass is 291 g/mol. The van der Waals surface area contributed by atoms with Crippen LogP contribution < -0.4 is 15.8 Å². The van der Waals surface area contributed by atoms with Gasteiger partial charge in [0.2, 0.25) is 0 Å².